The Morgan fingerprint density at radius 3 is 2.71 bits per heavy atom. The molecule has 1 aliphatic heterocycles. The summed E-state index contributed by atoms with van der Waals surface area (Å²) in [5, 5.41) is 21.5. The highest BCUT2D eigenvalue weighted by Crippen LogP contribution is 2.40. The number of hydrogen-bond donors (Lipinski definition) is 2. The molecule has 6 heteroatoms. The molecule has 2 N–H and O–H groups in total. The van der Waals surface area contributed by atoms with Crippen LogP contribution in [0.3, 0.4) is 0 Å². The lowest BCUT2D eigenvalue weighted by Gasteiger charge is -2.29. The van der Waals surface area contributed by atoms with Crippen LogP contribution >= 0.6 is 0 Å². The molecule has 0 radical (unpaired) electrons. The SMILES string of the molecule is CCc1c2c(nc3ccc(O)cc13)-c1cc3c(c(=O)n1C2)CCC(=O)[C@@]3(C)O. The molecule has 0 fully saturated rings. The third-order valence-electron chi connectivity index (χ3n) is 6.17. The van der Waals surface area contributed by atoms with E-state index in [1.54, 1.807) is 28.8 Å². The minimum atomic E-state index is -1.65. The Balaban J connectivity index is 1.84. The number of Topliss-reactive ketones (excluding diaryl/α,β-unsaturated/α-hetero) is 1. The van der Waals surface area contributed by atoms with Crippen LogP contribution in [0.5, 0.6) is 5.75 Å². The van der Waals surface area contributed by atoms with Gasteiger partial charge in [-0.1, -0.05) is 6.92 Å². The lowest BCUT2D eigenvalue weighted by Crippen LogP contribution is -2.41. The maximum atomic E-state index is 13.2. The standard InChI is InChI=1S/C22H20N2O4/c1-3-12-14-8-11(25)4-6-17(14)23-20-15(12)10-24-18(20)9-16-13(21(24)27)5-7-19(26)22(16,2)28/h4,6,8-9,25,28H,3,5,7,10H2,1-2H3/t22-/m0/s1. The van der Waals surface area contributed by atoms with Gasteiger partial charge in [0.1, 0.15) is 11.4 Å². The summed E-state index contributed by atoms with van der Waals surface area (Å²) in [6, 6.07) is 6.84. The average Bonchev–Trinajstić information content (AvgIpc) is 3.02. The third kappa shape index (κ3) is 2.09. The number of fused-ring (bicyclic) bond motifs is 5. The minimum absolute atomic E-state index is 0.160. The summed E-state index contributed by atoms with van der Waals surface area (Å²) in [6.07, 6.45) is 1.26. The van der Waals surface area contributed by atoms with E-state index < -0.39 is 5.60 Å². The van der Waals surface area contributed by atoms with Gasteiger partial charge in [0.15, 0.2) is 5.78 Å². The predicted molar refractivity (Wildman–Crippen MR) is 104 cm³/mol. The van der Waals surface area contributed by atoms with E-state index in [4.69, 9.17) is 4.98 Å². The van der Waals surface area contributed by atoms with Crippen LogP contribution in [0.25, 0.3) is 22.3 Å². The van der Waals surface area contributed by atoms with Crippen molar-refractivity contribution in [3.05, 3.63) is 56.9 Å². The summed E-state index contributed by atoms with van der Waals surface area (Å²) in [5.74, 6) is -0.0829. The Labute approximate surface area is 161 Å². The van der Waals surface area contributed by atoms with Crippen LogP contribution in [0.1, 0.15) is 42.5 Å². The summed E-state index contributed by atoms with van der Waals surface area (Å²) in [5.41, 5.74) is 3.22. The highest BCUT2D eigenvalue weighted by atomic mass is 16.3. The number of benzene rings is 1. The van der Waals surface area contributed by atoms with Crippen molar-refractivity contribution in [3.63, 3.8) is 0 Å². The topological polar surface area (TPSA) is 92.4 Å². The van der Waals surface area contributed by atoms with Crippen LogP contribution < -0.4 is 5.56 Å². The molecule has 3 heterocycles. The Morgan fingerprint density at radius 1 is 1.18 bits per heavy atom. The molecule has 0 saturated carbocycles. The smallest absolute Gasteiger partial charge is 0.254 e. The molecule has 28 heavy (non-hydrogen) atoms. The fourth-order valence-corrected chi connectivity index (χ4v) is 4.65. The van der Waals surface area contributed by atoms with Gasteiger partial charge in [0.05, 0.1) is 23.4 Å². The first-order valence-electron chi connectivity index (χ1n) is 9.50. The van der Waals surface area contributed by atoms with Crippen LogP contribution in [-0.2, 0) is 29.8 Å². The molecule has 0 bridgehead atoms. The van der Waals surface area contributed by atoms with Gasteiger partial charge in [-0.05, 0) is 49.6 Å². The van der Waals surface area contributed by atoms with Crippen LogP contribution in [0.4, 0.5) is 0 Å². The number of aliphatic hydroxyl groups is 1. The summed E-state index contributed by atoms with van der Waals surface area (Å²) >= 11 is 0. The van der Waals surface area contributed by atoms with Gasteiger partial charge in [-0.15, -0.1) is 0 Å². The van der Waals surface area contributed by atoms with Gasteiger partial charge in [-0.3, -0.25) is 9.59 Å². The largest absolute Gasteiger partial charge is 0.508 e. The van der Waals surface area contributed by atoms with Crippen molar-refractivity contribution >= 4 is 16.7 Å². The van der Waals surface area contributed by atoms with Gasteiger partial charge in [0, 0.05) is 28.5 Å². The molecule has 2 aliphatic rings. The Morgan fingerprint density at radius 2 is 1.96 bits per heavy atom. The van der Waals surface area contributed by atoms with Crippen molar-refractivity contribution in [2.75, 3.05) is 0 Å². The molecule has 0 amide bonds. The van der Waals surface area contributed by atoms with E-state index in [1.165, 1.54) is 6.92 Å². The molecule has 0 saturated heterocycles. The van der Waals surface area contributed by atoms with Crippen molar-refractivity contribution in [3.8, 4) is 17.1 Å². The van der Waals surface area contributed by atoms with E-state index in [-0.39, 0.29) is 23.5 Å². The van der Waals surface area contributed by atoms with Crippen molar-refractivity contribution in [2.45, 2.75) is 45.3 Å². The van der Waals surface area contributed by atoms with E-state index in [0.29, 0.717) is 35.5 Å². The summed E-state index contributed by atoms with van der Waals surface area (Å²) in [7, 11) is 0. The minimum Gasteiger partial charge on any atom is -0.508 e. The van der Waals surface area contributed by atoms with Gasteiger partial charge in [0.25, 0.3) is 5.56 Å². The molecule has 0 spiro atoms. The number of carbonyl (C=O) groups is 1. The molecule has 1 aliphatic carbocycles. The number of aryl methyl sites for hydroxylation is 1. The van der Waals surface area contributed by atoms with Crippen LogP contribution in [-0.4, -0.2) is 25.5 Å². The van der Waals surface area contributed by atoms with Crippen molar-refractivity contribution in [2.24, 2.45) is 0 Å². The molecule has 5 rings (SSSR count). The predicted octanol–water partition coefficient (Wildman–Crippen LogP) is 2.42. The fraction of sp³-hybridized carbons (Fsp3) is 0.318. The van der Waals surface area contributed by atoms with Gasteiger partial charge < -0.3 is 14.8 Å². The number of aromatic nitrogens is 2. The molecular weight excluding hydrogens is 356 g/mol. The lowest BCUT2D eigenvalue weighted by molar-refractivity contribution is -0.137. The Hall–Kier alpha value is -2.99. The molecule has 1 aromatic carbocycles. The third-order valence-corrected chi connectivity index (χ3v) is 6.17. The van der Waals surface area contributed by atoms with Crippen LogP contribution in [0, 0.1) is 0 Å². The van der Waals surface area contributed by atoms with E-state index in [1.807, 2.05) is 6.92 Å². The summed E-state index contributed by atoms with van der Waals surface area (Å²) in [4.78, 5) is 30.2. The number of rotatable bonds is 1. The number of phenols is 1. The van der Waals surface area contributed by atoms with E-state index >= 15 is 0 Å². The number of nitrogens with zero attached hydrogens (tertiary/aromatic N) is 2. The van der Waals surface area contributed by atoms with Crippen molar-refractivity contribution < 1.29 is 15.0 Å². The highest BCUT2D eigenvalue weighted by molar-refractivity contribution is 5.92. The first-order valence-corrected chi connectivity index (χ1v) is 9.50. The van der Waals surface area contributed by atoms with Crippen molar-refractivity contribution in [1.29, 1.82) is 0 Å². The Kier molecular flexibility index (Phi) is 3.37. The summed E-state index contributed by atoms with van der Waals surface area (Å²) in [6.45, 7) is 3.92. The second-order valence-electron chi connectivity index (χ2n) is 7.78. The zero-order valence-corrected chi connectivity index (χ0v) is 15.7. The normalized spacial score (nSPS) is 20.2. The number of carbonyl (C=O) groups excluding carboxylic acids is 1. The van der Waals surface area contributed by atoms with Crippen molar-refractivity contribution in [1.82, 2.24) is 9.55 Å². The number of hydrogen-bond acceptors (Lipinski definition) is 5. The van der Waals surface area contributed by atoms with Gasteiger partial charge >= 0.3 is 0 Å². The second-order valence-corrected chi connectivity index (χ2v) is 7.78. The lowest BCUT2D eigenvalue weighted by atomic mass is 9.79. The Bertz CT molecular complexity index is 1250. The molecular formula is C22H20N2O4. The summed E-state index contributed by atoms with van der Waals surface area (Å²) < 4.78 is 1.69. The number of aromatic hydroxyl groups is 1. The molecule has 1 atom stereocenters. The van der Waals surface area contributed by atoms with Gasteiger partial charge in [0.2, 0.25) is 0 Å². The van der Waals surface area contributed by atoms with Gasteiger partial charge in [-0.2, -0.15) is 0 Å². The number of phenolic OH excluding ortho intramolecular Hbond substituents is 1. The molecule has 6 nitrogen and oxygen atoms in total. The molecule has 0 unspecified atom stereocenters. The van der Waals surface area contributed by atoms with Gasteiger partial charge in [-0.25, -0.2) is 4.98 Å². The first kappa shape index (κ1) is 17.1. The molecule has 142 valence electrons. The maximum Gasteiger partial charge on any atom is 0.254 e. The maximum absolute atomic E-state index is 13.2. The van der Waals surface area contributed by atoms with E-state index in [9.17, 15) is 19.8 Å². The number of ketones is 1. The van der Waals surface area contributed by atoms with Crippen LogP contribution in [0.15, 0.2) is 29.1 Å². The number of pyridine rings is 2. The zero-order chi connectivity index (χ0) is 19.8. The quantitative estimate of drug-likeness (QED) is 0.532. The molecule has 2 aromatic heterocycles. The van der Waals surface area contributed by atoms with Crippen LogP contribution in [0.2, 0.25) is 0 Å². The van der Waals surface area contributed by atoms with E-state index in [2.05, 4.69) is 0 Å². The van der Waals surface area contributed by atoms with E-state index in [0.717, 1.165) is 28.5 Å². The molecule has 3 aromatic rings. The second kappa shape index (κ2) is 5.52. The fourth-order valence-electron chi connectivity index (χ4n) is 4.65. The zero-order valence-electron chi connectivity index (χ0n) is 15.7. The highest BCUT2D eigenvalue weighted by Gasteiger charge is 2.40. The first-order chi connectivity index (χ1) is 13.3. The monoisotopic (exact) mass is 376 g/mol. The average molecular weight is 376 g/mol.